The minimum Gasteiger partial charge on any atom is -0.478 e. The first-order valence-electron chi connectivity index (χ1n) is 9.86. The van der Waals surface area contributed by atoms with Gasteiger partial charge in [0, 0.05) is 16.1 Å². The minimum absolute atomic E-state index is 0.000287. The van der Waals surface area contributed by atoms with Crippen LogP contribution in [0.1, 0.15) is 72.6 Å². The quantitative estimate of drug-likeness (QED) is 0.340. The summed E-state index contributed by atoms with van der Waals surface area (Å²) in [5.74, 6) is 1.94. The van der Waals surface area contributed by atoms with Crippen molar-refractivity contribution in [3.63, 3.8) is 0 Å². The van der Waals surface area contributed by atoms with E-state index in [9.17, 15) is 0 Å². The van der Waals surface area contributed by atoms with Crippen LogP contribution in [0.15, 0.2) is 40.2 Å². The normalized spacial score (nSPS) is 20.4. The van der Waals surface area contributed by atoms with Crippen LogP contribution in [0.25, 0.3) is 0 Å². The molecule has 1 aliphatic rings. The summed E-state index contributed by atoms with van der Waals surface area (Å²) in [6, 6.07) is 10.7. The fourth-order valence-electron chi connectivity index (χ4n) is 3.11. The zero-order valence-electron chi connectivity index (χ0n) is 16.5. The van der Waals surface area contributed by atoms with Crippen LogP contribution in [-0.4, -0.2) is 23.8 Å². The molecule has 0 fully saturated rings. The zero-order chi connectivity index (χ0) is 18.2. The largest absolute Gasteiger partial charge is 0.478 e. The van der Waals surface area contributed by atoms with E-state index in [0.29, 0.717) is 0 Å². The summed E-state index contributed by atoms with van der Waals surface area (Å²) in [4.78, 5) is 6.44. The van der Waals surface area contributed by atoms with Crippen molar-refractivity contribution in [3.8, 4) is 0 Å². The van der Waals surface area contributed by atoms with Gasteiger partial charge in [-0.3, -0.25) is 0 Å². The van der Waals surface area contributed by atoms with E-state index in [2.05, 4.69) is 58.0 Å². The highest BCUT2D eigenvalue weighted by atomic mass is 32.2. The number of hydrogen-bond donors (Lipinski definition) is 0. The second-order valence-corrected chi connectivity index (χ2v) is 9.35. The molecule has 2 rings (SSSR count). The molecule has 0 bridgehead atoms. The number of nitrogens with zero attached hydrogens (tertiary/aromatic N) is 1. The summed E-state index contributed by atoms with van der Waals surface area (Å²) in [6.45, 7) is 9.59. The Hall–Kier alpha value is -0.960. The maximum atomic E-state index is 6.05. The van der Waals surface area contributed by atoms with Gasteiger partial charge < -0.3 is 4.74 Å². The summed E-state index contributed by atoms with van der Waals surface area (Å²) < 4.78 is 6.05. The van der Waals surface area contributed by atoms with Gasteiger partial charge in [0.15, 0.2) is 5.90 Å². The summed E-state index contributed by atoms with van der Waals surface area (Å²) in [5, 5.41) is 0. The molecule has 0 saturated carbocycles. The van der Waals surface area contributed by atoms with Crippen molar-refractivity contribution in [3.05, 3.63) is 30.3 Å². The molecule has 0 N–H and O–H groups in total. The highest BCUT2D eigenvalue weighted by Crippen LogP contribution is 2.36. The predicted molar refractivity (Wildman–Crippen MR) is 111 cm³/mol. The van der Waals surface area contributed by atoms with Crippen molar-refractivity contribution in [2.45, 2.75) is 83.1 Å². The van der Waals surface area contributed by atoms with E-state index in [1.165, 1.54) is 43.4 Å². The Kier molecular flexibility index (Phi) is 7.86. The Balaban J connectivity index is 1.95. The van der Waals surface area contributed by atoms with Gasteiger partial charge in [-0.2, -0.15) is 0 Å². The molecule has 1 aliphatic heterocycles. The number of aliphatic imine (C=N–C) groups is 1. The first kappa shape index (κ1) is 20.4. The highest BCUT2D eigenvalue weighted by molar-refractivity contribution is 7.99. The van der Waals surface area contributed by atoms with Gasteiger partial charge >= 0.3 is 0 Å². The Labute approximate surface area is 158 Å². The summed E-state index contributed by atoms with van der Waals surface area (Å²) in [6.07, 6.45) is 9.11. The van der Waals surface area contributed by atoms with Crippen molar-refractivity contribution < 1.29 is 4.74 Å². The standard InChI is InChI=1S/C22H35NOS/c1-5-6-7-8-9-13-16-22(17-24-20(23-22)21(2,3)4)18-25-19-14-11-10-12-15-19/h10-12,14-15H,5-9,13,16-18H2,1-4H3/t22-/m0/s1. The minimum atomic E-state index is -0.0477. The lowest BCUT2D eigenvalue weighted by Crippen LogP contribution is -2.31. The second-order valence-electron chi connectivity index (χ2n) is 8.30. The summed E-state index contributed by atoms with van der Waals surface area (Å²) in [7, 11) is 0. The smallest absolute Gasteiger partial charge is 0.189 e. The fraction of sp³-hybridized carbons (Fsp3) is 0.682. The van der Waals surface area contributed by atoms with Crippen LogP contribution in [0.5, 0.6) is 0 Å². The SMILES string of the molecule is CCCCCCCC[C@@]1(CSc2ccccc2)COC(C(C)(C)C)=N1. The van der Waals surface area contributed by atoms with E-state index >= 15 is 0 Å². The van der Waals surface area contributed by atoms with E-state index in [-0.39, 0.29) is 11.0 Å². The molecule has 2 nitrogen and oxygen atoms in total. The molecule has 0 radical (unpaired) electrons. The van der Waals surface area contributed by atoms with E-state index < -0.39 is 0 Å². The van der Waals surface area contributed by atoms with Crippen LogP contribution in [-0.2, 0) is 4.74 Å². The lowest BCUT2D eigenvalue weighted by atomic mass is 9.94. The third-order valence-corrected chi connectivity index (χ3v) is 5.99. The third kappa shape index (κ3) is 6.69. The van der Waals surface area contributed by atoms with Gasteiger partial charge in [-0.15, -0.1) is 11.8 Å². The number of unbranched alkanes of at least 4 members (excludes halogenated alkanes) is 5. The molecule has 3 heteroatoms. The van der Waals surface area contributed by atoms with Crippen LogP contribution in [0.3, 0.4) is 0 Å². The Morgan fingerprint density at radius 2 is 1.72 bits per heavy atom. The van der Waals surface area contributed by atoms with Crippen molar-refractivity contribution in [2.75, 3.05) is 12.4 Å². The van der Waals surface area contributed by atoms with Gasteiger partial charge in [-0.1, -0.05) is 84.4 Å². The van der Waals surface area contributed by atoms with E-state index in [0.717, 1.165) is 24.7 Å². The number of ether oxygens (including phenoxy) is 1. The van der Waals surface area contributed by atoms with E-state index in [1.54, 1.807) is 0 Å². The van der Waals surface area contributed by atoms with Crippen LogP contribution >= 0.6 is 11.8 Å². The van der Waals surface area contributed by atoms with Gasteiger partial charge in [-0.25, -0.2) is 4.99 Å². The first-order valence-corrected chi connectivity index (χ1v) is 10.8. The molecule has 0 aromatic heterocycles. The third-order valence-electron chi connectivity index (χ3n) is 4.70. The zero-order valence-corrected chi connectivity index (χ0v) is 17.3. The Bertz CT molecular complexity index is 535. The van der Waals surface area contributed by atoms with Gasteiger partial charge in [0.2, 0.25) is 0 Å². The first-order chi connectivity index (χ1) is 12.0. The van der Waals surface area contributed by atoms with Crippen molar-refractivity contribution >= 4 is 17.7 Å². The average molecular weight is 362 g/mol. The molecule has 1 aromatic carbocycles. The van der Waals surface area contributed by atoms with Crippen LogP contribution in [0.2, 0.25) is 0 Å². The van der Waals surface area contributed by atoms with Gasteiger partial charge in [-0.05, 0) is 18.6 Å². The van der Waals surface area contributed by atoms with Crippen LogP contribution in [0.4, 0.5) is 0 Å². The molecule has 0 saturated heterocycles. The predicted octanol–water partition coefficient (Wildman–Crippen LogP) is 6.74. The van der Waals surface area contributed by atoms with Crippen molar-refractivity contribution in [1.29, 1.82) is 0 Å². The highest BCUT2D eigenvalue weighted by Gasteiger charge is 2.39. The molecule has 0 amide bonds. The van der Waals surface area contributed by atoms with Gasteiger partial charge in [0.05, 0.1) is 0 Å². The molecule has 1 aromatic rings. The summed E-state index contributed by atoms with van der Waals surface area (Å²) in [5.41, 5.74) is -0.0475. The maximum absolute atomic E-state index is 6.05. The molecule has 1 heterocycles. The lowest BCUT2D eigenvalue weighted by Gasteiger charge is -2.24. The molecule has 140 valence electrons. The average Bonchev–Trinajstić information content (AvgIpc) is 3.02. The van der Waals surface area contributed by atoms with Gasteiger partial charge in [0.1, 0.15) is 12.1 Å². The number of hydrogen-bond acceptors (Lipinski definition) is 3. The molecule has 0 unspecified atom stereocenters. The molecular formula is C22H35NOS. The maximum Gasteiger partial charge on any atom is 0.189 e. The number of rotatable bonds is 10. The van der Waals surface area contributed by atoms with Crippen molar-refractivity contribution in [2.24, 2.45) is 10.4 Å². The Morgan fingerprint density at radius 1 is 1.04 bits per heavy atom. The number of thioether (sulfide) groups is 1. The monoisotopic (exact) mass is 361 g/mol. The second kappa shape index (κ2) is 9.66. The fourth-order valence-corrected chi connectivity index (χ4v) is 4.19. The van der Waals surface area contributed by atoms with Crippen molar-refractivity contribution in [1.82, 2.24) is 0 Å². The van der Waals surface area contributed by atoms with E-state index in [4.69, 9.17) is 9.73 Å². The molecule has 1 atom stereocenters. The van der Waals surface area contributed by atoms with E-state index in [1.807, 2.05) is 11.8 Å². The molecular weight excluding hydrogens is 326 g/mol. The molecule has 0 spiro atoms. The Morgan fingerprint density at radius 3 is 2.36 bits per heavy atom. The molecule has 25 heavy (non-hydrogen) atoms. The number of benzene rings is 1. The topological polar surface area (TPSA) is 21.6 Å². The summed E-state index contributed by atoms with van der Waals surface area (Å²) >= 11 is 1.91. The van der Waals surface area contributed by atoms with Crippen LogP contribution in [0, 0.1) is 5.41 Å². The lowest BCUT2D eigenvalue weighted by molar-refractivity contribution is 0.238. The molecule has 0 aliphatic carbocycles. The van der Waals surface area contributed by atoms with Crippen LogP contribution < -0.4 is 0 Å². The van der Waals surface area contributed by atoms with Gasteiger partial charge in [0.25, 0.3) is 0 Å².